The average molecular weight is 352 g/mol. The summed E-state index contributed by atoms with van der Waals surface area (Å²) in [6.07, 6.45) is 0.138. The fourth-order valence-corrected chi connectivity index (χ4v) is 2.83. The lowest BCUT2D eigenvalue weighted by atomic mass is 10.0. The van der Waals surface area contributed by atoms with Crippen LogP contribution in [0.15, 0.2) is 47.7 Å². The van der Waals surface area contributed by atoms with Crippen LogP contribution >= 0.6 is 0 Å². The molecule has 1 heterocycles. The molecule has 2 aromatic carbocycles. The lowest BCUT2D eigenvalue weighted by Crippen LogP contribution is -2.11. The van der Waals surface area contributed by atoms with Crippen LogP contribution < -0.4 is 14.2 Å². The van der Waals surface area contributed by atoms with Gasteiger partial charge in [-0.1, -0.05) is 12.1 Å². The van der Waals surface area contributed by atoms with Crippen molar-refractivity contribution in [2.24, 2.45) is 0 Å². The first kappa shape index (κ1) is 17.7. The van der Waals surface area contributed by atoms with Crippen molar-refractivity contribution >= 4 is 11.8 Å². The first-order valence-corrected chi connectivity index (χ1v) is 8.27. The summed E-state index contributed by atoms with van der Waals surface area (Å²) in [5.41, 5.74) is 2.88. The number of fused-ring (bicyclic) bond motifs is 1. The van der Waals surface area contributed by atoms with Crippen LogP contribution in [0.1, 0.15) is 35.3 Å². The Balaban J connectivity index is 1.76. The number of ketones is 1. The Hall–Kier alpha value is -3.08. The summed E-state index contributed by atoms with van der Waals surface area (Å²) in [5, 5.41) is 0. The standard InChI is InChI=1S/C21H20O5/c1-12(2)21-20(23)19-13(3)9-16(11-17(19)26-21)25-18(22)10-14-5-7-15(24-4)8-6-14/h5-9,11H,10H2,1-4H3. The number of hydrogen-bond acceptors (Lipinski definition) is 5. The molecule has 0 N–H and O–H groups in total. The summed E-state index contributed by atoms with van der Waals surface area (Å²) in [7, 11) is 1.59. The number of methoxy groups -OCH3 is 1. The van der Waals surface area contributed by atoms with Crippen molar-refractivity contribution in [2.45, 2.75) is 27.2 Å². The van der Waals surface area contributed by atoms with Gasteiger partial charge in [0.1, 0.15) is 17.2 Å². The molecule has 0 aromatic heterocycles. The van der Waals surface area contributed by atoms with E-state index in [4.69, 9.17) is 14.2 Å². The summed E-state index contributed by atoms with van der Waals surface area (Å²) in [6, 6.07) is 10.5. The predicted molar refractivity (Wildman–Crippen MR) is 96.8 cm³/mol. The van der Waals surface area contributed by atoms with Crippen molar-refractivity contribution in [1.82, 2.24) is 0 Å². The molecule has 0 amide bonds. The van der Waals surface area contributed by atoms with E-state index in [-0.39, 0.29) is 18.2 Å². The molecule has 0 saturated heterocycles. The molecule has 134 valence electrons. The minimum Gasteiger partial charge on any atom is -0.497 e. The van der Waals surface area contributed by atoms with Crippen LogP contribution in [-0.4, -0.2) is 18.9 Å². The predicted octanol–water partition coefficient (Wildman–Crippen LogP) is 4.02. The highest BCUT2D eigenvalue weighted by atomic mass is 16.5. The maximum Gasteiger partial charge on any atom is 0.315 e. The lowest BCUT2D eigenvalue weighted by molar-refractivity contribution is -0.133. The minimum atomic E-state index is -0.388. The van der Waals surface area contributed by atoms with Crippen molar-refractivity contribution in [3.05, 3.63) is 64.4 Å². The van der Waals surface area contributed by atoms with Crippen molar-refractivity contribution in [3.63, 3.8) is 0 Å². The second-order valence-electron chi connectivity index (χ2n) is 6.37. The summed E-state index contributed by atoms with van der Waals surface area (Å²) in [6.45, 7) is 5.45. The Labute approximate surface area is 152 Å². The number of carbonyl (C=O) groups is 2. The van der Waals surface area contributed by atoms with Crippen molar-refractivity contribution in [2.75, 3.05) is 7.11 Å². The minimum absolute atomic E-state index is 0.131. The molecule has 0 aliphatic carbocycles. The Morgan fingerprint density at radius 3 is 2.38 bits per heavy atom. The number of aryl methyl sites for hydroxylation is 1. The smallest absolute Gasteiger partial charge is 0.315 e. The zero-order chi connectivity index (χ0) is 18.8. The van der Waals surface area contributed by atoms with Gasteiger partial charge in [0.2, 0.25) is 5.78 Å². The van der Waals surface area contributed by atoms with E-state index in [1.807, 2.05) is 26.0 Å². The summed E-state index contributed by atoms with van der Waals surface area (Å²) < 4.78 is 16.2. The average Bonchev–Trinajstić information content (AvgIpc) is 2.92. The van der Waals surface area contributed by atoms with E-state index in [1.54, 1.807) is 38.3 Å². The van der Waals surface area contributed by atoms with Crippen molar-refractivity contribution in [3.8, 4) is 17.2 Å². The maximum absolute atomic E-state index is 12.4. The van der Waals surface area contributed by atoms with Gasteiger partial charge in [-0.15, -0.1) is 0 Å². The molecule has 2 aromatic rings. The van der Waals surface area contributed by atoms with Crippen LogP contribution in [0.25, 0.3) is 0 Å². The third-order valence-corrected chi connectivity index (χ3v) is 4.11. The molecule has 0 fully saturated rings. The number of Topliss-reactive ketones (excluding diaryl/α,β-unsaturated/α-hetero) is 1. The number of rotatable bonds is 4. The van der Waals surface area contributed by atoms with Gasteiger partial charge in [0, 0.05) is 6.07 Å². The molecule has 26 heavy (non-hydrogen) atoms. The molecule has 1 aliphatic heterocycles. The first-order chi connectivity index (χ1) is 12.4. The van der Waals surface area contributed by atoms with E-state index in [1.165, 1.54) is 0 Å². The van der Waals surface area contributed by atoms with Gasteiger partial charge in [-0.25, -0.2) is 0 Å². The monoisotopic (exact) mass is 352 g/mol. The molecule has 0 atom stereocenters. The second-order valence-corrected chi connectivity index (χ2v) is 6.37. The molecule has 5 nitrogen and oxygen atoms in total. The molecule has 0 spiro atoms. The third-order valence-electron chi connectivity index (χ3n) is 4.11. The zero-order valence-corrected chi connectivity index (χ0v) is 15.2. The van der Waals surface area contributed by atoms with Gasteiger partial charge < -0.3 is 14.2 Å². The highest BCUT2D eigenvalue weighted by Gasteiger charge is 2.30. The molecular weight excluding hydrogens is 332 g/mol. The summed E-state index contributed by atoms with van der Waals surface area (Å²) in [4.78, 5) is 24.6. The molecule has 0 saturated carbocycles. The molecular formula is C21H20O5. The van der Waals surface area contributed by atoms with Gasteiger partial charge in [0.25, 0.3) is 0 Å². The first-order valence-electron chi connectivity index (χ1n) is 8.27. The van der Waals surface area contributed by atoms with Gasteiger partial charge in [0.05, 0.1) is 19.1 Å². The Kier molecular flexibility index (Phi) is 4.80. The number of esters is 1. The molecule has 0 radical (unpaired) electrons. The Morgan fingerprint density at radius 2 is 1.77 bits per heavy atom. The van der Waals surface area contributed by atoms with Crippen molar-refractivity contribution < 1.29 is 23.8 Å². The Bertz CT molecular complexity index is 903. The fraction of sp³-hybridized carbons (Fsp3) is 0.238. The number of carbonyl (C=O) groups excluding carboxylic acids is 2. The van der Waals surface area contributed by atoms with Crippen LogP contribution in [0.5, 0.6) is 17.2 Å². The molecule has 5 heteroatoms. The number of benzene rings is 2. The van der Waals surface area contributed by atoms with Crippen LogP contribution in [-0.2, 0) is 11.2 Å². The van der Waals surface area contributed by atoms with E-state index >= 15 is 0 Å². The quantitative estimate of drug-likeness (QED) is 0.472. The maximum atomic E-state index is 12.4. The summed E-state index contributed by atoms with van der Waals surface area (Å²) in [5.74, 6) is 1.34. The number of allylic oxidation sites excluding steroid dienone is 2. The van der Waals surface area contributed by atoms with E-state index < -0.39 is 0 Å². The molecule has 0 unspecified atom stereocenters. The van der Waals surface area contributed by atoms with Gasteiger partial charge in [-0.3, -0.25) is 9.59 Å². The SMILES string of the molecule is COc1ccc(CC(=O)Oc2cc(C)c3c(c2)OC(=C(C)C)C3=O)cc1. The van der Waals surface area contributed by atoms with E-state index in [0.717, 1.165) is 22.4 Å². The largest absolute Gasteiger partial charge is 0.497 e. The zero-order valence-electron chi connectivity index (χ0n) is 15.2. The fourth-order valence-electron chi connectivity index (χ4n) is 2.83. The van der Waals surface area contributed by atoms with Gasteiger partial charge in [-0.05, 0) is 55.7 Å². The molecule has 0 bridgehead atoms. The van der Waals surface area contributed by atoms with E-state index in [0.29, 0.717) is 22.8 Å². The normalized spacial score (nSPS) is 12.5. The van der Waals surface area contributed by atoms with Crippen LogP contribution in [0.4, 0.5) is 0 Å². The lowest BCUT2D eigenvalue weighted by Gasteiger charge is -2.08. The topological polar surface area (TPSA) is 61.8 Å². The number of ether oxygens (including phenoxy) is 3. The highest BCUT2D eigenvalue weighted by Crippen LogP contribution is 2.37. The third kappa shape index (κ3) is 3.47. The van der Waals surface area contributed by atoms with Crippen LogP contribution in [0.3, 0.4) is 0 Å². The highest BCUT2D eigenvalue weighted by molar-refractivity contribution is 6.13. The number of hydrogen-bond donors (Lipinski definition) is 0. The molecule has 3 rings (SSSR count). The molecule has 1 aliphatic rings. The Morgan fingerprint density at radius 1 is 1.08 bits per heavy atom. The van der Waals surface area contributed by atoms with Gasteiger partial charge in [0.15, 0.2) is 5.76 Å². The van der Waals surface area contributed by atoms with E-state index in [9.17, 15) is 9.59 Å². The van der Waals surface area contributed by atoms with Crippen LogP contribution in [0, 0.1) is 6.92 Å². The van der Waals surface area contributed by atoms with Crippen LogP contribution in [0.2, 0.25) is 0 Å². The second kappa shape index (κ2) is 7.04. The van der Waals surface area contributed by atoms with Crippen molar-refractivity contribution in [1.29, 1.82) is 0 Å². The van der Waals surface area contributed by atoms with Gasteiger partial charge >= 0.3 is 5.97 Å². The van der Waals surface area contributed by atoms with Gasteiger partial charge in [-0.2, -0.15) is 0 Å². The summed E-state index contributed by atoms with van der Waals surface area (Å²) >= 11 is 0. The van der Waals surface area contributed by atoms with E-state index in [2.05, 4.69) is 0 Å².